The minimum absolute atomic E-state index is 0.00128. The number of nitrogens with zero attached hydrogens (tertiary/aromatic N) is 1. The van der Waals surface area contributed by atoms with E-state index < -0.39 is 12.0 Å². The van der Waals surface area contributed by atoms with Crippen LogP contribution < -0.4 is 5.32 Å². The summed E-state index contributed by atoms with van der Waals surface area (Å²) in [6.07, 6.45) is 6.06. The maximum atomic E-state index is 11.7. The number of carbonyl (C=O) groups excluding carboxylic acids is 1. The molecule has 3 N–H and O–H groups in total. The standard InChI is InChI=1S/C11H15N3O3/c15-10(7-2-1-3-7)14-9(11(16)17)4-8-5-12-6-13-8/h5-7,9H,1-4H2,(H,12,13)(H,14,15)(H,16,17)/t9-/m1/s1. The first kappa shape index (κ1) is 11.6. The number of H-pyrrole nitrogens is 1. The van der Waals surface area contributed by atoms with E-state index in [-0.39, 0.29) is 18.2 Å². The highest BCUT2D eigenvalue weighted by Crippen LogP contribution is 2.26. The minimum Gasteiger partial charge on any atom is -0.480 e. The van der Waals surface area contributed by atoms with Crippen LogP contribution in [0.25, 0.3) is 0 Å². The van der Waals surface area contributed by atoms with Crippen molar-refractivity contribution >= 4 is 11.9 Å². The molecular formula is C11H15N3O3. The monoisotopic (exact) mass is 237 g/mol. The van der Waals surface area contributed by atoms with Gasteiger partial charge in [-0.1, -0.05) is 6.42 Å². The molecule has 1 aliphatic carbocycles. The van der Waals surface area contributed by atoms with Gasteiger partial charge in [0.1, 0.15) is 6.04 Å². The van der Waals surface area contributed by atoms with Gasteiger partial charge in [-0.15, -0.1) is 0 Å². The van der Waals surface area contributed by atoms with E-state index in [0.717, 1.165) is 19.3 Å². The first-order chi connectivity index (χ1) is 8.16. The van der Waals surface area contributed by atoms with Crippen molar-refractivity contribution in [1.29, 1.82) is 0 Å². The van der Waals surface area contributed by atoms with Crippen molar-refractivity contribution < 1.29 is 14.7 Å². The topological polar surface area (TPSA) is 95.1 Å². The van der Waals surface area contributed by atoms with Gasteiger partial charge in [-0.3, -0.25) is 4.79 Å². The molecule has 1 atom stereocenters. The molecule has 1 aromatic rings. The molecule has 0 bridgehead atoms. The lowest BCUT2D eigenvalue weighted by Crippen LogP contribution is -2.46. The van der Waals surface area contributed by atoms with Crippen molar-refractivity contribution in [3.05, 3.63) is 18.2 Å². The van der Waals surface area contributed by atoms with Crippen LogP contribution >= 0.6 is 0 Å². The van der Waals surface area contributed by atoms with Crippen LogP contribution in [0, 0.1) is 5.92 Å². The van der Waals surface area contributed by atoms with Crippen molar-refractivity contribution in [3.63, 3.8) is 0 Å². The van der Waals surface area contributed by atoms with Gasteiger partial charge >= 0.3 is 5.97 Å². The van der Waals surface area contributed by atoms with E-state index in [2.05, 4.69) is 15.3 Å². The minimum atomic E-state index is -1.02. The van der Waals surface area contributed by atoms with E-state index in [0.29, 0.717) is 5.69 Å². The van der Waals surface area contributed by atoms with E-state index in [9.17, 15) is 9.59 Å². The van der Waals surface area contributed by atoms with Crippen LogP contribution in [-0.4, -0.2) is 33.0 Å². The van der Waals surface area contributed by atoms with Crippen LogP contribution in [0.3, 0.4) is 0 Å². The molecule has 1 aromatic heterocycles. The van der Waals surface area contributed by atoms with Gasteiger partial charge in [0.2, 0.25) is 5.91 Å². The lowest BCUT2D eigenvalue weighted by Gasteiger charge is -2.25. The van der Waals surface area contributed by atoms with Gasteiger partial charge in [0.05, 0.1) is 6.33 Å². The molecule has 0 unspecified atom stereocenters. The summed E-state index contributed by atoms with van der Waals surface area (Å²) < 4.78 is 0. The van der Waals surface area contributed by atoms with Crippen molar-refractivity contribution in [1.82, 2.24) is 15.3 Å². The van der Waals surface area contributed by atoms with Crippen molar-refractivity contribution in [3.8, 4) is 0 Å². The second-order valence-corrected chi connectivity index (χ2v) is 4.31. The Morgan fingerprint density at radius 3 is 2.82 bits per heavy atom. The van der Waals surface area contributed by atoms with Crippen LogP contribution in [0.4, 0.5) is 0 Å². The summed E-state index contributed by atoms with van der Waals surface area (Å²) in [6.45, 7) is 0. The van der Waals surface area contributed by atoms with Gasteiger partial charge in [0.15, 0.2) is 0 Å². The third kappa shape index (κ3) is 2.83. The van der Waals surface area contributed by atoms with Gasteiger partial charge in [-0.05, 0) is 12.8 Å². The molecule has 0 radical (unpaired) electrons. The van der Waals surface area contributed by atoms with E-state index in [4.69, 9.17) is 5.11 Å². The Kier molecular flexibility index (Phi) is 3.41. The summed E-state index contributed by atoms with van der Waals surface area (Å²) in [5, 5.41) is 11.6. The molecule has 1 aliphatic rings. The molecule has 0 spiro atoms. The summed E-state index contributed by atoms with van der Waals surface area (Å²) in [6, 6.07) is -0.886. The zero-order chi connectivity index (χ0) is 12.3. The largest absolute Gasteiger partial charge is 0.480 e. The van der Waals surface area contributed by atoms with E-state index in [1.54, 1.807) is 6.20 Å². The Hall–Kier alpha value is -1.85. The summed E-state index contributed by atoms with van der Waals surface area (Å²) in [5.74, 6) is -1.17. The number of aromatic nitrogens is 2. The number of carbonyl (C=O) groups is 2. The molecule has 1 fully saturated rings. The van der Waals surface area contributed by atoms with E-state index in [1.807, 2.05) is 0 Å². The molecule has 1 amide bonds. The molecule has 6 nitrogen and oxygen atoms in total. The Balaban J connectivity index is 1.92. The van der Waals surface area contributed by atoms with Gasteiger partial charge in [0, 0.05) is 24.2 Å². The third-order valence-electron chi connectivity index (χ3n) is 3.07. The van der Waals surface area contributed by atoms with Gasteiger partial charge < -0.3 is 15.4 Å². The van der Waals surface area contributed by atoms with Gasteiger partial charge in [0.25, 0.3) is 0 Å². The second-order valence-electron chi connectivity index (χ2n) is 4.31. The number of hydrogen-bond acceptors (Lipinski definition) is 3. The van der Waals surface area contributed by atoms with Crippen LogP contribution in [-0.2, 0) is 16.0 Å². The lowest BCUT2D eigenvalue weighted by atomic mass is 9.84. The number of amides is 1. The Labute approximate surface area is 98.4 Å². The first-order valence-electron chi connectivity index (χ1n) is 5.67. The number of nitrogens with one attached hydrogen (secondary N) is 2. The highest BCUT2D eigenvalue weighted by molar-refractivity contribution is 5.85. The summed E-state index contributed by atoms with van der Waals surface area (Å²) in [7, 11) is 0. The molecule has 0 saturated heterocycles. The van der Waals surface area contributed by atoms with Gasteiger partial charge in [-0.2, -0.15) is 0 Å². The van der Waals surface area contributed by atoms with Crippen LogP contribution in [0.15, 0.2) is 12.5 Å². The average Bonchev–Trinajstić information content (AvgIpc) is 2.66. The number of imidazole rings is 1. The zero-order valence-corrected chi connectivity index (χ0v) is 9.35. The van der Waals surface area contributed by atoms with Crippen LogP contribution in [0.5, 0.6) is 0 Å². The average molecular weight is 237 g/mol. The van der Waals surface area contributed by atoms with Crippen molar-refractivity contribution in [2.45, 2.75) is 31.7 Å². The Morgan fingerprint density at radius 1 is 1.59 bits per heavy atom. The van der Waals surface area contributed by atoms with Crippen molar-refractivity contribution in [2.24, 2.45) is 5.92 Å². The predicted octanol–water partition coefficient (Wildman–Crippen LogP) is 0.322. The number of carboxylic acids is 1. The van der Waals surface area contributed by atoms with E-state index >= 15 is 0 Å². The molecule has 17 heavy (non-hydrogen) atoms. The zero-order valence-electron chi connectivity index (χ0n) is 9.35. The molecule has 6 heteroatoms. The molecule has 2 rings (SSSR count). The number of aromatic amines is 1. The van der Waals surface area contributed by atoms with Crippen molar-refractivity contribution in [2.75, 3.05) is 0 Å². The van der Waals surface area contributed by atoms with Gasteiger partial charge in [-0.25, -0.2) is 9.78 Å². The Bertz CT molecular complexity index is 398. The number of aliphatic carboxylic acids is 1. The third-order valence-corrected chi connectivity index (χ3v) is 3.07. The smallest absolute Gasteiger partial charge is 0.326 e. The highest BCUT2D eigenvalue weighted by atomic mass is 16.4. The summed E-state index contributed by atoms with van der Waals surface area (Å²) >= 11 is 0. The number of rotatable bonds is 5. The maximum Gasteiger partial charge on any atom is 0.326 e. The second kappa shape index (κ2) is 4.99. The maximum absolute atomic E-state index is 11.7. The number of hydrogen-bond donors (Lipinski definition) is 3. The fraction of sp³-hybridized carbons (Fsp3) is 0.545. The molecule has 0 aliphatic heterocycles. The lowest BCUT2D eigenvalue weighted by molar-refractivity contribution is -0.143. The number of carboxylic acid groups (broad SMARTS) is 1. The fourth-order valence-corrected chi connectivity index (χ4v) is 1.78. The fourth-order valence-electron chi connectivity index (χ4n) is 1.78. The molecule has 92 valence electrons. The van der Waals surface area contributed by atoms with Crippen LogP contribution in [0.2, 0.25) is 0 Å². The van der Waals surface area contributed by atoms with Crippen LogP contribution in [0.1, 0.15) is 25.0 Å². The van der Waals surface area contributed by atoms with E-state index in [1.165, 1.54) is 6.33 Å². The normalized spacial score (nSPS) is 17.2. The molecular weight excluding hydrogens is 222 g/mol. The summed E-state index contributed by atoms with van der Waals surface area (Å²) in [4.78, 5) is 29.4. The SMILES string of the molecule is O=C(N[C@H](Cc1cnc[nH]1)C(=O)O)C1CCC1. The molecule has 1 saturated carbocycles. The highest BCUT2D eigenvalue weighted by Gasteiger charge is 2.29. The summed E-state index contributed by atoms with van der Waals surface area (Å²) in [5.41, 5.74) is 0.700. The quantitative estimate of drug-likeness (QED) is 0.687. The molecule has 1 heterocycles. The Morgan fingerprint density at radius 2 is 2.35 bits per heavy atom. The first-order valence-corrected chi connectivity index (χ1v) is 5.67. The predicted molar refractivity (Wildman–Crippen MR) is 59.2 cm³/mol. The molecule has 0 aromatic carbocycles.